The van der Waals surface area contributed by atoms with Crippen molar-refractivity contribution in [2.24, 2.45) is 0 Å². The molecule has 1 saturated heterocycles. The number of carbonyl (C=O) groups is 2. The van der Waals surface area contributed by atoms with Crippen molar-refractivity contribution >= 4 is 11.8 Å². The third-order valence-electron chi connectivity index (χ3n) is 5.36. The van der Waals surface area contributed by atoms with Crippen molar-refractivity contribution in [1.29, 1.82) is 0 Å². The van der Waals surface area contributed by atoms with Crippen LogP contribution in [0.4, 0.5) is 0 Å². The molecule has 0 aromatic heterocycles. The number of rotatable bonds is 7. The summed E-state index contributed by atoms with van der Waals surface area (Å²) in [5, 5.41) is 9.36. The van der Waals surface area contributed by atoms with Crippen LogP contribution in [0.15, 0.2) is 48.5 Å². The maximum Gasteiger partial charge on any atom is 0.263 e. The third-order valence-corrected chi connectivity index (χ3v) is 5.36. The Kier molecular flexibility index (Phi) is 7.76. The minimum atomic E-state index is -0.652. The van der Waals surface area contributed by atoms with Crippen molar-refractivity contribution in [2.75, 3.05) is 32.8 Å². The van der Waals surface area contributed by atoms with Crippen LogP contribution >= 0.6 is 0 Å². The van der Waals surface area contributed by atoms with Crippen molar-refractivity contribution in [2.45, 2.75) is 32.8 Å². The molecule has 3 rings (SSSR count). The van der Waals surface area contributed by atoms with E-state index in [0.717, 1.165) is 17.7 Å². The Morgan fingerprint density at radius 2 is 1.68 bits per heavy atom. The minimum absolute atomic E-state index is 0.00861. The summed E-state index contributed by atoms with van der Waals surface area (Å²) < 4.78 is 11.5. The van der Waals surface area contributed by atoms with E-state index in [0.29, 0.717) is 38.3 Å². The molecule has 1 atom stereocenters. The van der Waals surface area contributed by atoms with Crippen LogP contribution in [0.1, 0.15) is 25.8 Å². The van der Waals surface area contributed by atoms with E-state index in [2.05, 4.69) is 6.92 Å². The standard InChI is InChI=1S/C24H30N2O5/c1-3-19-7-4-5-8-22(19)30-17-23(28)25-13-6-14-26(16-15-25)24(29)18(2)31-21-11-9-20(27)10-12-21/h4-5,7-12,18,27H,3,6,13-17H2,1-2H3. The molecule has 1 unspecified atom stereocenters. The quantitative estimate of drug-likeness (QED) is 0.737. The van der Waals surface area contributed by atoms with Gasteiger partial charge in [0.05, 0.1) is 0 Å². The van der Waals surface area contributed by atoms with Gasteiger partial charge in [-0.3, -0.25) is 9.59 Å². The predicted octanol–water partition coefficient (Wildman–Crippen LogP) is 2.86. The number of carbonyl (C=O) groups excluding carboxylic acids is 2. The highest BCUT2D eigenvalue weighted by molar-refractivity contribution is 5.81. The van der Waals surface area contributed by atoms with Crippen LogP contribution in [0.5, 0.6) is 17.2 Å². The van der Waals surface area contributed by atoms with Gasteiger partial charge in [0.2, 0.25) is 0 Å². The monoisotopic (exact) mass is 426 g/mol. The minimum Gasteiger partial charge on any atom is -0.508 e. The number of aryl methyl sites for hydroxylation is 1. The van der Waals surface area contributed by atoms with Gasteiger partial charge in [0.15, 0.2) is 12.7 Å². The third kappa shape index (κ3) is 6.13. The molecule has 0 saturated carbocycles. The number of phenols is 1. The van der Waals surface area contributed by atoms with E-state index in [1.54, 1.807) is 28.9 Å². The molecule has 0 spiro atoms. The fourth-order valence-corrected chi connectivity index (χ4v) is 3.59. The van der Waals surface area contributed by atoms with Gasteiger partial charge in [-0.2, -0.15) is 0 Å². The van der Waals surface area contributed by atoms with Gasteiger partial charge < -0.3 is 24.4 Å². The summed E-state index contributed by atoms with van der Waals surface area (Å²) in [4.78, 5) is 29.0. The molecular formula is C24H30N2O5. The maximum absolute atomic E-state index is 12.8. The zero-order chi connectivity index (χ0) is 22.2. The number of hydrogen-bond acceptors (Lipinski definition) is 5. The molecule has 31 heavy (non-hydrogen) atoms. The van der Waals surface area contributed by atoms with E-state index in [1.807, 2.05) is 24.3 Å². The zero-order valence-corrected chi connectivity index (χ0v) is 18.1. The first kappa shape index (κ1) is 22.5. The van der Waals surface area contributed by atoms with E-state index in [1.165, 1.54) is 12.1 Å². The van der Waals surface area contributed by atoms with Gasteiger partial charge in [0.1, 0.15) is 17.2 Å². The highest BCUT2D eigenvalue weighted by atomic mass is 16.5. The Morgan fingerprint density at radius 1 is 1.00 bits per heavy atom. The summed E-state index contributed by atoms with van der Waals surface area (Å²) in [6.07, 6.45) is 0.894. The molecule has 2 aromatic carbocycles. The van der Waals surface area contributed by atoms with Crippen LogP contribution in [0, 0.1) is 0 Å². The van der Waals surface area contributed by atoms with Crippen LogP contribution < -0.4 is 9.47 Å². The molecule has 0 radical (unpaired) electrons. The number of para-hydroxylation sites is 1. The van der Waals surface area contributed by atoms with E-state index in [9.17, 15) is 14.7 Å². The van der Waals surface area contributed by atoms with E-state index >= 15 is 0 Å². The number of ether oxygens (including phenoxy) is 2. The summed E-state index contributed by atoms with van der Waals surface area (Å²) in [5.74, 6) is 1.22. The van der Waals surface area contributed by atoms with Crippen molar-refractivity contribution in [1.82, 2.24) is 9.80 Å². The normalized spacial score (nSPS) is 15.2. The fraction of sp³-hybridized carbons (Fsp3) is 0.417. The lowest BCUT2D eigenvalue weighted by atomic mass is 10.1. The van der Waals surface area contributed by atoms with Crippen molar-refractivity contribution < 1.29 is 24.2 Å². The van der Waals surface area contributed by atoms with Crippen LogP contribution in [0.3, 0.4) is 0 Å². The molecule has 166 valence electrons. The summed E-state index contributed by atoms with van der Waals surface area (Å²) >= 11 is 0. The molecule has 7 nitrogen and oxygen atoms in total. The first-order valence-corrected chi connectivity index (χ1v) is 10.7. The van der Waals surface area contributed by atoms with Gasteiger partial charge in [0, 0.05) is 26.2 Å². The Hall–Kier alpha value is -3.22. The van der Waals surface area contributed by atoms with Gasteiger partial charge in [-0.15, -0.1) is 0 Å². The largest absolute Gasteiger partial charge is 0.508 e. The second kappa shape index (κ2) is 10.7. The van der Waals surface area contributed by atoms with Crippen LogP contribution in [0.2, 0.25) is 0 Å². The summed E-state index contributed by atoms with van der Waals surface area (Å²) in [6.45, 7) is 5.85. The molecule has 2 aromatic rings. The lowest BCUT2D eigenvalue weighted by Gasteiger charge is -2.25. The highest BCUT2D eigenvalue weighted by Gasteiger charge is 2.26. The van der Waals surface area contributed by atoms with Crippen LogP contribution in [0.25, 0.3) is 0 Å². The first-order chi connectivity index (χ1) is 15.0. The smallest absolute Gasteiger partial charge is 0.263 e. The SMILES string of the molecule is CCc1ccccc1OCC(=O)N1CCCN(C(=O)C(C)Oc2ccc(O)cc2)CC1. The van der Waals surface area contributed by atoms with Gasteiger partial charge in [-0.1, -0.05) is 25.1 Å². The van der Waals surface area contributed by atoms with E-state index in [4.69, 9.17) is 9.47 Å². The molecule has 1 N–H and O–H groups in total. The number of nitrogens with zero attached hydrogens (tertiary/aromatic N) is 2. The van der Waals surface area contributed by atoms with E-state index in [-0.39, 0.29) is 24.2 Å². The average molecular weight is 427 g/mol. The summed E-state index contributed by atoms with van der Waals surface area (Å²) in [6, 6.07) is 14.0. The van der Waals surface area contributed by atoms with Crippen LogP contribution in [-0.2, 0) is 16.0 Å². The number of amides is 2. The zero-order valence-electron chi connectivity index (χ0n) is 18.1. The topological polar surface area (TPSA) is 79.3 Å². The second-order valence-corrected chi connectivity index (χ2v) is 7.56. The Balaban J connectivity index is 1.50. The molecule has 1 aliphatic heterocycles. The van der Waals surface area contributed by atoms with Gasteiger partial charge in [0.25, 0.3) is 11.8 Å². The lowest BCUT2D eigenvalue weighted by molar-refractivity contribution is -0.138. The molecule has 7 heteroatoms. The molecule has 1 fully saturated rings. The summed E-state index contributed by atoms with van der Waals surface area (Å²) in [7, 11) is 0. The van der Waals surface area contributed by atoms with Crippen LogP contribution in [-0.4, -0.2) is 65.6 Å². The molecule has 1 heterocycles. The van der Waals surface area contributed by atoms with Crippen molar-refractivity contribution in [3.63, 3.8) is 0 Å². The van der Waals surface area contributed by atoms with Crippen molar-refractivity contribution in [3.05, 3.63) is 54.1 Å². The Morgan fingerprint density at radius 3 is 2.42 bits per heavy atom. The molecular weight excluding hydrogens is 396 g/mol. The Labute approximate surface area is 183 Å². The van der Waals surface area contributed by atoms with Crippen molar-refractivity contribution in [3.8, 4) is 17.2 Å². The molecule has 2 amide bonds. The second-order valence-electron chi connectivity index (χ2n) is 7.56. The number of benzene rings is 2. The number of hydrogen-bond donors (Lipinski definition) is 1. The lowest BCUT2D eigenvalue weighted by Crippen LogP contribution is -2.43. The predicted molar refractivity (Wildman–Crippen MR) is 117 cm³/mol. The number of phenolic OH excluding ortho intramolecular Hbond substituents is 1. The maximum atomic E-state index is 12.8. The molecule has 0 aliphatic carbocycles. The fourth-order valence-electron chi connectivity index (χ4n) is 3.59. The van der Waals surface area contributed by atoms with Gasteiger partial charge >= 0.3 is 0 Å². The van der Waals surface area contributed by atoms with Gasteiger partial charge in [-0.25, -0.2) is 0 Å². The summed E-state index contributed by atoms with van der Waals surface area (Å²) in [5.41, 5.74) is 1.07. The van der Waals surface area contributed by atoms with E-state index < -0.39 is 6.10 Å². The Bertz CT molecular complexity index is 884. The first-order valence-electron chi connectivity index (χ1n) is 10.7. The molecule has 1 aliphatic rings. The van der Waals surface area contributed by atoms with Gasteiger partial charge in [-0.05, 0) is 55.7 Å². The molecule has 0 bridgehead atoms. The number of aromatic hydroxyl groups is 1. The highest BCUT2D eigenvalue weighted by Crippen LogP contribution is 2.19. The average Bonchev–Trinajstić information content (AvgIpc) is 3.05.